The summed E-state index contributed by atoms with van der Waals surface area (Å²) in [5.74, 6) is 0. The minimum Gasteiger partial charge on any atom is -0.502 e. The van der Waals surface area contributed by atoms with E-state index in [2.05, 4.69) is 0 Å². The Balaban J connectivity index is 3.34. The van der Waals surface area contributed by atoms with Gasteiger partial charge in [-0.3, -0.25) is 25.3 Å². The first-order valence-electron chi connectivity index (χ1n) is 3.39. The lowest BCUT2D eigenvalue weighted by Gasteiger charge is -1.93. The molecule has 1 N–H and O–H groups in total. The van der Waals surface area contributed by atoms with E-state index in [0.717, 1.165) is 18.2 Å². The highest BCUT2D eigenvalue weighted by molar-refractivity contribution is 5.57. The third kappa shape index (κ3) is 1.68. The monoisotopic (exact) mass is 196 g/mol. The molecule has 0 spiro atoms. The molecule has 0 amide bonds. The van der Waals surface area contributed by atoms with Crippen LogP contribution in [0.25, 0.3) is 5.53 Å². The number of non-ortho nitro benzene ring substituents is 1. The number of rotatable bonds is 3. The van der Waals surface area contributed by atoms with E-state index in [0.29, 0.717) is 0 Å². The van der Waals surface area contributed by atoms with Crippen LogP contribution in [0.2, 0.25) is 0 Å². The summed E-state index contributed by atoms with van der Waals surface area (Å²) in [5, 5.41) is 22.2. The summed E-state index contributed by atoms with van der Waals surface area (Å²) in [5.41, 5.74) is 7.32. The molecule has 0 saturated heterocycles. The number of nitro groups is 2. The first-order chi connectivity index (χ1) is 6.56. The maximum Gasteiger partial charge on any atom is 0.345 e. The van der Waals surface area contributed by atoms with Crippen LogP contribution in [0, 0.1) is 20.2 Å². The Morgan fingerprint density at radius 2 is 1.86 bits per heavy atom. The van der Waals surface area contributed by atoms with Crippen LogP contribution in [0.15, 0.2) is 18.2 Å². The van der Waals surface area contributed by atoms with Crippen molar-refractivity contribution in [1.29, 1.82) is 0 Å². The van der Waals surface area contributed by atoms with Crippen molar-refractivity contribution < 1.29 is 15.0 Å². The number of nitrogens with one attached hydrogen (secondary N) is 1. The Kier molecular flexibility index (Phi) is 2.47. The van der Waals surface area contributed by atoms with Gasteiger partial charge in [0.2, 0.25) is 0 Å². The topological polar surface area (TPSA) is 123 Å². The van der Waals surface area contributed by atoms with E-state index in [-0.39, 0.29) is 5.69 Å². The van der Waals surface area contributed by atoms with Gasteiger partial charge in [-0.15, -0.1) is 0 Å². The van der Waals surface area contributed by atoms with Gasteiger partial charge in [0.25, 0.3) is 11.4 Å². The van der Waals surface area contributed by atoms with Crippen molar-refractivity contribution in [3.8, 4) is 0 Å². The second-order valence-electron chi connectivity index (χ2n) is 2.33. The lowest BCUT2D eigenvalue weighted by molar-refractivity contribution is -0.423. The van der Waals surface area contributed by atoms with E-state index in [9.17, 15) is 20.2 Å². The minimum absolute atomic E-state index is 0.194. The molecule has 0 aromatic heterocycles. The standard InChI is InChI=1S/C6H4N4O4/c7-8-5-2-1-4(9(11)12)3-6(5)10(13)14/h1-3,8H. The Bertz CT molecular complexity index is 416. The summed E-state index contributed by atoms with van der Waals surface area (Å²) >= 11 is 0. The molecular weight excluding hydrogens is 192 g/mol. The molecule has 0 bridgehead atoms. The fourth-order valence-electron chi connectivity index (χ4n) is 0.879. The van der Waals surface area contributed by atoms with Crippen molar-refractivity contribution in [3.05, 3.63) is 44.0 Å². The van der Waals surface area contributed by atoms with Gasteiger partial charge in [-0.05, 0) is 0 Å². The smallest absolute Gasteiger partial charge is 0.345 e. The number of hydrogen-bond donors (Lipinski definition) is 1. The average molecular weight is 196 g/mol. The molecule has 8 heteroatoms. The minimum atomic E-state index is -0.828. The molecule has 8 nitrogen and oxygen atoms in total. The van der Waals surface area contributed by atoms with E-state index in [1.165, 1.54) is 0 Å². The van der Waals surface area contributed by atoms with Crippen LogP contribution < -0.4 is 5.11 Å². The molecular formula is C6H4N4O4. The van der Waals surface area contributed by atoms with Gasteiger partial charge in [-0.25, -0.2) is 0 Å². The van der Waals surface area contributed by atoms with Gasteiger partial charge >= 0.3 is 5.69 Å². The molecule has 1 aromatic rings. The first-order valence-corrected chi connectivity index (χ1v) is 3.39. The first kappa shape index (κ1) is 9.71. The lowest BCUT2D eigenvalue weighted by Crippen LogP contribution is -2.54. The molecule has 0 heterocycles. The molecule has 0 fully saturated rings. The zero-order valence-corrected chi connectivity index (χ0v) is 6.71. The second-order valence-corrected chi connectivity index (χ2v) is 2.33. The summed E-state index contributed by atoms with van der Waals surface area (Å²) in [4.78, 5) is 19.1. The highest BCUT2D eigenvalue weighted by Crippen LogP contribution is 2.24. The fourth-order valence-corrected chi connectivity index (χ4v) is 0.879. The van der Waals surface area contributed by atoms with Crippen molar-refractivity contribution in [2.75, 3.05) is 0 Å². The molecule has 0 radical (unpaired) electrons. The van der Waals surface area contributed by atoms with E-state index in [1.54, 1.807) is 5.11 Å². The fraction of sp³-hybridized carbons (Fsp3) is 0. The molecule has 0 aliphatic rings. The van der Waals surface area contributed by atoms with E-state index >= 15 is 0 Å². The van der Waals surface area contributed by atoms with Crippen molar-refractivity contribution in [2.45, 2.75) is 0 Å². The van der Waals surface area contributed by atoms with Crippen LogP contribution in [0.3, 0.4) is 0 Å². The van der Waals surface area contributed by atoms with Gasteiger partial charge in [0.15, 0.2) is 0 Å². The Hall–Kier alpha value is -2.38. The number of benzene rings is 1. The van der Waals surface area contributed by atoms with Crippen LogP contribution in [0.4, 0.5) is 17.1 Å². The highest BCUT2D eigenvalue weighted by atomic mass is 16.6. The summed E-state index contributed by atoms with van der Waals surface area (Å²) < 4.78 is 0. The summed E-state index contributed by atoms with van der Waals surface area (Å²) in [7, 11) is 0. The summed E-state index contributed by atoms with van der Waals surface area (Å²) in [6, 6.07) is 2.86. The Morgan fingerprint density at radius 1 is 1.21 bits per heavy atom. The number of nitro benzene ring substituents is 2. The number of nitrogens with zero attached hydrogens (tertiary/aromatic N) is 3. The molecule has 1 rings (SSSR count). The van der Waals surface area contributed by atoms with Crippen LogP contribution in [-0.2, 0) is 0 Å². The molecule has 0 atom stereocenters. The third-order valence-corrected chi connectivity index (χ3v) is 1.51. The van der Waals surface area contributed by atoms with Gasteiger partial charge in [0.05, 0.1) is 9.85 Å². The van der Waals surface area contributed by atoms with Gasteiger partial charge in [-0.2, -0.15) is 0 Å². The van der Waals surface area contributed by atoms with Crippen molar-refractivity contribution in [1.82, 2.24) is 0 Å². The van der Waals surface area contributed by atoms with Crippen LogP contribution in [0.1, 0.15) is 0 Å². The molecule has 14 heavy (non-hydrogen) atoms. The summed E-state index contributed by atoms with van der Waals surface area (Å²) in [6.45, 7) is 0. The van der Waals surface area contributed by atoms with Crippen LogP contribution in [0.5, 0.6) is 0 Å². The largest absolute Gasteiger partial charge is 0.502 e. The van der Waals surface area contributed by atoms with Gasteiger partial charge < -0.3 is 5.53 Å². The maximum atomic E-state index is 10.4. The van der Waals surface area contributed by atoms with Crippen molar-refractivity contribution >= 4 is 17.1 Å². The SMILES string of the molecule is [N-]=[NH+]c1ccc([N+](=O)[O-])cc1[N+](=O)[O-]. The normalized spacial score (nSPS) is 9.43. The van der Waals surface area contributed by atoms with E-state index < -0.39 is 21.2 Å². The zero-order chi connectivity index (χ0) is 10.7. The van der Waals surface area contributed by atoms with Crippen molar-refractivity contribution in [2.24, 2.45) is 0 Å². The molecule has 1 aromatic carbocycles. The average Bonchev–Trinajstić information content (AvgIpc) is 2.16. The number of hydrogen-bond acceptors (Lipinski definition) is 4. The Labute approximate surface area is 77.0 Å². The second kappa shape index (κ2) is 3.56. The lowest BCUT2D eigenvalue weighted by atomic mass is 10.2. The third-order valence-electron chi connectivity index (χ3n) is 1.51. The maximum absolute atomic E-state index is 10.4. The highest BCUT2D eigenvalue weighted by Gasteiger charge is 2.21. The quantitative estimate of drug-likeness (QED) is 0.422. The zero-order valence-electron chi connectivity index (χ0n) is 6.71. The summed E-state index contributed by atoms with van der Waals surface area (Å²) in [6.07, 6.45) is 0. The van der Waals surface area contributed by atoms with Gasteiger partial charge in [0, 0.05) is 12.1 Å². The van der Waals surface area contributed by atoms with Crippen LogP contribution in [-0.4, -0.2) is 9.85 Å². The Morgan fingerprint density at radius 3 is 2.29 bits per heavy atom. The molecule has 0 aliphatic carbocycles. The molecule has 0 saturated carbocycles. The molecule has 72 valence electrons. The molecule has 0 aliphatic heterocycles. The van der Waals surface area contributed by atoms with Gasteiger partial charge in [-0.1, -0.05) is 0 Å². The predicted molar refractivity (Wildman–Crippen MR) is 43.7 cm³/mol. The van der Waals surface area contributed by atoms with E-state index in [1.807, 2.05) is 0 Å². The van der Waals surface area contributed by atoms with Crippen LogP contribution >= 0.6 is 0 Å². The van der Waals surface area contributed by atoms with Crippen molar-refractivity contribution in [3.63, 3.8) is 0 Å². The molecule has 0 unspecified atom stereocenters. The van der Waals surface area contributed by atoms with E-state index in [4.69, 9.17) is 5.53 Å². The van der Waals surface area contributed by atoms with Gasteiger partial charge in [0.1, 0.15) is 6.07 Å². The predicted octanol–water partition coefficient (Wildman–Crippen LogP) is 0.237.